The second-order valence-electron chi connectivity index (χ2n) is 3.88. The summed E-state index contributed by atoms with van der Waals surface area (Å²) in [6, 6.07) is 7.93. The predicted molar refractivity (Wildman–Crippen MR) is 76.2 cm³/mol. The number of anilines is 1. The summed E-state index contributed by atoms with van der Waals surface area (Å²) >= 11 is 6.00. The average molecular weight is 291 g/mol. The molecule has 0 radical (unpaired) electrons. The number of halogens is 1. The molecule has 0 bridgehead atoms. The smallest absolute Gasteiger partial charge is 0.257 e. The average Bonchev–Trinajstić information content (AvgIpc) is 2.49. The largest absolute Gasteiger partial charge is 0.409 e. The zero-order valence-electron chi connectivity index (χ0n) is 10.2. The molecule has 0 spiro atoms. The van der Waals surface area contributed by atoms with Crippen molar-refractivity contribution in [3.63, 3.8) is 0 Å². The van der Waals surface area contributed by atoms with E-state index in [2.05, 4.69) is 15.5 Å². The number of nitrogens with two attached hydrogens (primary N) is 1. The number of amidine groups is 1. The molecule has 1 amide bonds. The Labute approximate surface area is 119 Å². The topological polar surface area (TPSA) is 101 Å². The highest BCUT2D eigenvalue weighted by Crippen LogP contribution is 2.23. The Hall–Kier alpha value is -2.60. The third-order valence-electron chi connectivity index (χ3n) is 2.54. The van der Waals surface area contributed by atoms with Gasteiger partial charge in [-0.25, -0.2) is 0 Å². The van der Waals surface area contributed by atoms with Gasteiger partial charge in [-0.1, -0.05) is 16.8 Å². The van der Waals surface area contributed by atoms with Gasteiger partial charge in [-0.05, 0) is 30.3 Å². The van der Waals surface area contributed by atoms with E-state index in [1.165, 1.54) is 12.3 Å². The first kappa shape index (κ1) is 13.8. The molecule has 6 nitrogen and oxygen atoms in total. The quantitative estimate of drug-likeness (QED) is 0.349. The van der Waals surface area contributed by atoms with E-state index in [4.69, 9.17) is 22.5 Å². The molecular formula is C13H11ClN4O2. The molecule has 1 aromatic carbocycles. The number of carbonyl (C=O) groups excluding carboxylic acids is 1. The number of carbonyl (C=O) groups is 1. The van der Waals surface area contributed by atoms with Crippen LogP contribution in [-0.4, -0.2) is 21.9 Å². The molecule has 0 aliphatic heterocycles. The second-order valence-corrected chi connectivity index (χ2v) is 4.28. The minimum atomic E-state index is -0.350. The minimum Gasteiger partial charge on any atom is -0.409 e. The van der Waals surface area contributed by atoms with Crippen LogP contribution in [0.5, 0.6) is 0 Å². The molecule has 0 saturated carbocycles. The van der Waals surface area contributed by atoms with Gasteiger partial charge in [-0.15, -0.1) is 0 Å². The molecule has 0 aliphatic carbocycles. The van der Waals surface area contributed by atoms with Crippen LogP contribution in [0.3, 0.4) is 0 Å². The fourth-order valence-corrected chi connectivity index (χ4v) is 1.69. The fraction of sp³-hybridized carbons (Fsp3) is 0. The maximum absolute atomic E-state index is 12.0. The maximum Gasteiger partial charge on any atom is 0.257 e. The van der Waals surface area contributed by atoms with Crippen molar-refractivity contribution in [2.24, 2.45) is 10.9 Å². The Bertz CT molecular complexity index is 659. The van der Waals surface area contributed by atoms with Crippen LogP contribution in [0.1, 0.15) is 15.9 Å². The molecule has 0 saturated heterocycles. The molecule has 4 N–H and O–H groups in total. The molecule has 1 aromatic heterocycles. The molecule has 2 rings (SSSR count). The number of benzene rings is 1. The first-order valence-corrected chi connectivity index (χ1v) is 5.98. The van der Waals surface area contributed by atoms with Gasteiger partial charge in [0.05, 0.1) is 16.3 Å². The van der Waals surface area contributed by atoms with E-state index in [0.717, 1.165) is 0 Å². The van der Waals surface area contributed by atoms with E-state index in [1.807, 2.05) is 0 Å². The number of hydrogen-bond donors (Lipinski definition) is 3. The van der Waals surface area contributed by atoms with Gasteiger partial charge in [-0.2, -0.15) is 0 Å². The highest BCUT2D eigenvalue weighted by molar-refractivity contribution is 6.34. The fourth-order valence-electron chi connectivity index (χ4n) is 1.53. The molecule has 0 atom stereocenters. The van der Waals surface area contributed by atoms with E-state index >= 15 is 0 Å². The lowest BCUT2D eigenvalue weighted by Gasteiger charge is -2.09. The van der Waals surface area contributed by atoms with Crippen LogP contribution in [0.4, 0.5) is 5.69 Å². The summed E-state index contributed by atoms with van der Waals surface area (Å²) in [4.78, 5) is 15.9. The molecular weight excluding hydrogens is 280 g/mol. The van der Waals surface area contributed by atoms with Crippen molar-refractivity contribution in [2.75, 3.05) is 5.32 Å². The van der Waals surface area contributed by atoms with Crippen LogP contribution in [0, 0.1) is 0 Å². The van der Waals surface area contributed by atoms with E-state index < -0.39 is 0 Å². The first-order valence-electron chi connectivity index (χ1n) is 5.60. The van der Waals surface area contributed by atoms with E-state index in [1.54, 1.807) is 30.5 Å². The van der Waals surface area contributed by atoms with Crippen molar-refractivity contribution in [3.05, 3.63) is 58.9 Å². The van der Waals surface area contributed by atoms with Crippen molar-refractivity contribution in [3.8, 4) is 0 Å². The molecule has 20 heavy (non-hydrogen) atoms. The Balaban J connectivity index is 2.27. The Kier molecular flexibility index (Phi) is 4.17. The van der Waals surface area contributed by atoms with Gasteiger partial charge >= 0.3 is 0 Å². The molecule has 7 heteroatoms. The lowest BCUT2D eigenvalue weighted by Crippen LogP contribution is -2.15. The molecule has 102 valence electrons. The van der Waals surface area contributed by atoms with E-state index in [0.29, 0.717) is 21.8 Å². The Morgan fingerprint density at radius 1 is 1.35 bits per heavy atom. The summed E-state index contributed by atoms with van der Waals surface area (Å²) in [5.41, 5.74) is 6.70. The first-order chi connectivity index (χ1) is 9.61. The van der Waals surface area contributed by atoms with Gasteiger partial charge < -0.3 is 16.3 Å². The predicted octanol–water partition coefficient (Wildman–Crippen LogP) is 2.08. The number of nitrogens with zero attached hydrogens (tertiary/aromatic N) is 2. The SMILES string of the molecule is N/C(=N/O)c1ccc(Cl)c(NC(=O)c2cccnc2)c1. The van der Waals surface area contributed by atoms with Crippen molar-refractivity contribution in [2.45, 2.75) is 0 Å². The van der Waals surface area contributed by atoms with Gasteiger partial charge in [0.2, 0.25) is 0 Å². The molecule has 1 heterocycles. The zero-order chi connectivity index (χ0) is 14.5. The number of aromatic nitrogens is 1. The molecule has 0 fully saturated rings. The second kappa shape index (κ2) is 6.03. The summed E-state index contributed by atoms with van der Waals surface area (Å²) in [5, 5.41) is 14.5. The van der Waals surface area contributed by atoms with Gasteiger partial charge in [0.1, 0.15) is 0 Å². The molecule has 0 unspecified atom stereocenters. The van der Waals surface area contributed by atoms with Crippen molar-refractivity contribution >= 4 is 29.0 Å². The number of amides is 1. The summed E-state index contributed by atoms with van der Waals surface area (Å²) in [6.07, 6.45) is 3.01. The lowest BCUT2D eigenvalue weighted by atomic mass is 10.1. The standard InChI is InChI=1S/C13H11ClN4O2/c14-10-4-3-8(12(15)18-20)6-11(10)17-13(19)9-2-1-5-16-7-9/h1-7,20H,(H2,15,18)(H,17,19). The normalized spacial score (nSPS) is 11.2. The van der Waals surface area contributed by atoms with Crippen LogP contribution < -0.4 is 11.1 Å². The van der Waals surface area contributed by atoms with Gasteiger partial charge in [-0.3, -0.25) is 9.78 Å². The highest BCUT2D eigenvalue weighted by Gasteiger charge is 2.10. The maximum atomic E-state index is 12.0. The van der Waals surface area contributed by atoms with Gasteiger partial charge in [0.25, 0.3) is 5.91 Å². The highest BCUT2D eigenvalue weighted by atomic mass is 35.5. The van der Waals surface area contributed by atoms with Crippen LogP contribution in [0.25, 0.3) is 0 Å². The number of oxime groups is 1. The number of rotatable bonds is 3. The van der Waals surface area contributed by atoms with Crippen molar-refractivity contribution in [1.29, 1.82) is 0 Å². The van der Waals surface area contributed by atoms with Crippen LogP contribution in [0.2, 0.25) is 5.02 Å². The summed E-state index contributed by atoms with van der Waals surface area (Å²) in [5.74, 6) is -0.421. The third-order valence-corrected chi connectivity index (χ3v) is 2.87. The monoisotopic (exact) mass is 290 g/mol. The van der Waals surface area contributed by atoms with Crippen LogP contribution in [0.15, 0.2) is 47.9 Å². The van der Waals surface area contributed by atoms with Crippen LogP contribution in [-0.2, 0) is 0 Å². The van der Waals surface area contributed by atoms with Gasteiger partial charge in [0.15, 0.2) is 5.84 Å². The van der Waals surface area contributed by atoms with Gasteiger partial charge in [0, 0.05) is 18.0 Å². The Morgan fingerprint density at radius 2 is 2.15 bits per heavy atom. The lowest BCUT2D eigenvalue weighted by molar-refractivity contribution is 0.102. The van der Waals surface area contributed by atoms with Crippen LogP contribution >= 0.6 is 11.6 Å². The minimum absolute atomic E-state index is 0.0708. The van der Waals surface area contributed by atoms with E-state index in [9.17, 15) is 4.79 Å². The zero-order valence-corrected chi connectivity index (χ0v) is 11.0. The van der Waals surface area contributed by atoms with Crippen molar-refractivity contribution < 1.29 is 10.0 Å². The van der Waals surface area contributed by atoms with E-state index in [-0.39, 0.29) is 11.7 Å². The summed E-state index contributed by atoms with van der Waals surface area (Å²) in [6.45, 7) is 0. The number of pyridine rings is 1. The Morgan fingerprint density at radius 3 is 2.80 bits per heavy atom. The third kappa shape index (κ3) is 3.04. The number of hydrogen-bond acceptors (Lipinski definition) is 4. The summed E-state index contributed by atoms with van der Waals surface area (Å²) in [7, 11) is 0. The summed E-state index contributed by atoms with van der Waals surface area (Å²) < 4.78 is 0. The molecule has 0 aliphatic rings. The molecule has 2 aromatic rings. The number of nitrogens with one attached hydrogen (secondary N) is 1. The van der Waals surface area contributed by atoms with Crippen molar-refractivity contribution in [1.82, 2.24) is 4.98 Å².